The Labute approximate surface area is 126 Å². The minimum absolute atomic E-state index is 0.601. The Balaban J connectivity index is 2.16. The molecule has 0 aromatic heterocycles. The van der Waals surface area contributed by atoms with Crippen molar-refractivity contribution >= 4 is 28.0 Å². The zero-order valence-electron chi connectivity index (χ0n) is 11.3. The van der Waals surface area contributed by atoms with Crippen molar-refractivity contribution in [1.29, 1.82) is 0 Å². The Hall–Kier alpha value is -1.49. The Bertz CT molecular complexity index is 521. The van der Waals surface area contributed by atoms with Gasteiger partial charge in [0.1, 0.15) is 0 Å². The van der Waals surface area contributed by atoms with E-state index in [2.05, 4.69) is 15.9 Å². The summed E-state index contributed by atoms with van der Waals surface area (Å²) in [4.78, 5) is 10.5. The molecule has 1 saturated carbocycles. The first kappa shape index (κ1) is 14.9. The molecule has 0 saturated heterocycles. The zero-order chi connectivity index (χ0) is 14.5. The van der Waals surface area contributed by atoms with Crippen LogP contribution in [0.25, 0.3) is 6.08 Å². The summed E-state index contributed by atoms with van der Waals surface area (Å²) in [6.45, 7) is 0.694. The molecule has 4 nitrogen and oxygen atoms in total. The van der Waals surface area contributed by atoms with Crippen LogP contribution in [0, 0.1) is 5.92 Å². The van der Waals surface area contributed by atoms with Gasteiger partial charge in [0.15, 0.2) is 11.5 Å². The lowest BCUT2D eigenvalue weighted by Crippen LogP contribution is -2.19. The van der Waals surface area contributed by atoms with Gasteiger partial charge < -0.3 is 14.6 Å². The van der Waals surface area contributed by atoms with Crippen molar-refractivity contribution in [3.63, 3.8) is 0 Å². The lowest BCUT2D eigenvalue weighted by atomic mass is 9.86. The summed E-state index contributed by atoms with van der Waals surface area (Å²) in [7, 11) is 1.57. The molecule has 5 heteroatoms. The second-order valence-electron chi connectivity index (χ2n) is 4.81. The molecule has 1 fully saturated rings. The average molecular weight is 341 g/mol. The van der Waals surface area contributed by atoms with Crippen LogP contribution in [0.3, 0.4) is 0 Å². The number of rotatable bonds is 6. The lowest BCUT2D eigenvalue weighted by molar-refractivity contribution is -0.131. The van der Waals surface area contributed by atoms with E-state index in [9.17, 15) is 4.79 Å². The Morgan fingerprint density at radius 3 is 2.80 bits per heavy atom. The van der Waals surface area contributed by atoms with E-state index in [4.69, 9.17) is 14.6 Å². The van der Waals surface area contributed by atoms with E-state index in [1.165, 1.54) is 25.3 Å². The minimum atomic E-state index is -0.981. The second-order valence-corrected chi connectivity index (χ2v) is 5.67. The highest BCUT2D eigenvalue weighted by molar-refractivity contribution is 9.10. The van der Waals surface area contributed by atoms with Crippen molar-refractivity contribution in [2.45, 2.75) is 19.3 Å². The maximum Gasteiger partial charge on any atom is 0.328 e. The largest absolute Gasteiger partial charge is 0.493 e. The van der Waals surface area contributed by atoms with E-state index in [1.54, 1.807) is 13.2 Å². The molecule has 1 aromatic carbocycles. The molecule has 0 amide bonds. The van der Waals surface area contributed by atoms with Crippen LogP contribution in [0.2, 0.25) is 0 Å². The molecule has 1 N–H and O–H groups in total. The van der Waals surface area contributed by atoms with Crippen LogP contribution in [-0.2, 0) is 4.79 Å². The number of carboxylic acids is 1. The van der Waals surface area contributed by atoms with Crippen molar-refractivity contribution in [1.82, 2.24) is 0 Å². The van der Waals surface area contributed by atoms with E-state index in [0.717, 1.165) is 16.1 Å². The summed E-state index contributed by atoms with van der Waals surface area (Å²) >= 11 is 3.45. The second kappa shape index (κ2) is 6.79. The average Bonchev–Trinajstić information content (AvgIpc) is 2.36. The van der Waals surface area contributed by atoms with Crippen molar-refractivity contribution < 1.29 is 19.4 Å². The number of halogens is 1. The summed E-state index contributed by atoms with van der Waals surface area (Å²) in [5, 5.41) is 8.65. The third kappa shape index (κ3) is 3.76. The topological polar surface area (TPSA) is 55.8 Å². The molecule has 1 aromatic rings. The van der Waals surface area contributed by atoms with E-state index in [-0.39, 0.29) is 0 Å². The van der Waals surface area contributed by atoms with Gasteiger partial charge in [-0.1, -0.05) is 6.42 Å². The number of methoxy groups -OCH3 is 1. The minimum Gasteiger partial charge on any atom is -0.493 e. The van der Waals surface area contributed by atoms with Gasteiger partial charge in [0.2, 0.25) is 0 Å². The molecule has 0 spiro atoms. The third-order valence-electron chi connectivity index (χ3n) is 3.36. The smallest absolute Gasteiger partial charge is 0.328 e. The van der Waals surface area contributed by atoms with Gasteiger partial charge in [0.05, 0.1) is 18.2 Å². The van der Waals surface area contributed by atoms with Gasteiger partial charge in [-0.25, -0.2) is 4.79 Å². The predicted molar refractivity (Wildman–Crippen MR) is 80.2 cm³/mol. The van der Waals surface area contributed by atoms with Gasteiger partial charge in [0.25, 0.3) is 0 Å². The van der Waals surface area contributed by atoms with E-state index in [1.807, 2.05) is 6.07 Å². The van der Waals surface area contributed by atoms with E-state index >= 15 is 0 Å². The fourth-order valence-corrected chi connectivity index (χ4v) is 2.58. The number of aliphatic carboxylic acids is 1. The highest BCUT2D eigenvalue weighted by Crippen LogP contribution is 2.38. The molecular weight excluding hydrogens is 324 g/mol. The Kier molecular flexibility index (Phi) is 5.06. The molecule has 0 atom stereocenters. The highest BCUT2D eigenvalue weighted by atomic mass is 79.9. The van der Waals surface area contributed by atoms with Gasteiger partial charge >= 0.3 is 5.97 Å². The highest BCUT2D eigenvalue weighted by Gasteiger charge is 2.20. The molecule has 108 valence electrons. The number of hydrogen-bond acceptors (Lipinski definition) is 3. The summed E-state index contributed by atoms with van der Waals surface area (Å²) in [5.41, 5.74) is 0.743. The van der Waals surface area contributed by atoms with Gasteiger partial charge in [-0.3, -0.25) is 0 Å². The van der Waals surface area contributed by atoms with Crippen LogP contribution in [0.4, 0.5) is 0 Å². The monoisotopic (exact) mass is 340 g/mol. The first-order valence-corrected chi connectivity index (χ1v) is 7.31. The maximum atomic E-state index is 10.5. The Morgan fingerprint density at radius 1 is 1.50 bits per heavy atom. The van der Waals surface area contributed by atoms with Gasteiger partial charge in [-0.05, 0) is 58.5 Å². The molecule has 0 unspecified atom stereocenters. The quantitative estimate of drug-likeness (QED) is 0.801. The molecule has 1 aliphatic rings. The predicted octanol–water partition coefficient (Wildman–Crippen LogP) is 3.73. The Morgan fingerprint density at radius 2 is 2.25 bits per heavy atom. The lowest BCUT2D eigenvalue weighted by Gasteiger charge is -2.26. The molecule has 20 heavy (non-hydrogen) atoms. The van der Waals surface area contributed by atoms with Crippen LogP contribution in [-0.4, -0.2) is 24.8 Å². The van der Waals surface area contributed by atoms with Crippen LogP contribution in [0.15, 0.2) is 22.7 Å². The normalized spacial score (nSPS) is 15.1. The molecule has 0 bridgehead atoms. The fraction of sp³-hybridized carbons (Fsp3) is 0.400. The van der Waals surface area contributed by atoms with E-state index < -0.39 is 5.97 Å². The number of ether oxygens (including phenoxy) is 2. The zero-order valence-corrected chi connectivity index (χ0v) is 12.9. The molecule has 1 aliphatic carbocycles. The van der Waals surface area contributed by atoms with Crippen LogP contribution in [0.5, 0.6) is 11.5 Å². The summed E-state index contributed by atoms with van der Waals surface area (Å²) in [6, 6.07) is 3.58. The summed E-state index contributed by atoms with van der Waals surface area (Å²) in [6.07, 6.45) is 6.34. The van der Waals surface area contributed by atoms with Gasteiger partial charge in [-0.15, -0.1) is 0 Å². The fourth-order valence-electron chi connectivity index (χ4n) is 2.00. The van der Waals surface area contributed by atoms with Crippen LogP contribution < -0.4 is 9.47 Å². The van der Waals surface area contributed by atoms with Crippen molar-refractivity contribution in [3.8, 4) is 11.5 Å². The molecule has 0 aliphatic heterocycles. The summed E-state index contributed by atoms with van der Waals surface area (Å²) < 4.78 is 11.9. The van der Waals surface area contributed by atoms with Gasteiger partial charge in [0, 0.05) is 6.08 Å². The molecule has 2 rings (SSSR count). The van der Waals surface area contributed by atoms with Crippen LogP contribution in [0.1, 0.15) is 24.8 Å². The maximum absolute atomic E-state index is 10.5. The molecular formula is C15H17BrO4. The van der Waals surface area contributed by atoms with Crippen LogP contribution >= 0.6 is 15.9 Å². The van der Waals surface area contributed by atoms with Crippen molar-refractivity contribution in [2.24, 2.45) is 5.92 Å². The van der Waals surface area contributed by atoms with E-state index in [0.29, 0.717) is 24.0 Å². The van der Waals surface area contributed by atoms with Crippen molar-refractivity contribution in [3.05, 3.63) is 28.2 Å². The first-order chi connectivity index (χ1) is 9.60. The number of carbonyl (C=O) groups is 1. The number of carboxylic acid groups (broad SMARTS) is 1. The van der Waals surface area contributed by atoms with Crippen molar-refractivity contribution in [2.75, 3.05) is 13.7 Å². The molecule has 0 radical (unpaired) electrons. The molecule has 0 heterocycles. The third-order valence-corrected chi connectivity index (χ3v) is 3.95. The standard InChI is InChI=1S/C15H17BrO4/c1-19-13-8-11(5-6-14(17)18)7-12(16)15(13)20-9-10-3-2-4-10/h5-8,10H,2-4,9H2,1H3,(H,17,18). The van der Waals surface area contributed by atoms with Gasteiger partial charge in [-0.2, -0.15) is 0 Å². The first-order valence-electron chi connectivity index (χ1n) is 6.51. The number of benzene rings is 1. The SMILES string of the molecule is COc1cc(C=CC(=O)O)cc(Br)c1OCC1CCC1. The number of hydrogen-bond donors (Lipinski definition) is 1. The summed E-state index contributed by atoms with van der Waals surface area (Å²) in [5.74, 6) is 0.930.